The average molecular weight is 543 g/mol. The van der Waals surface area contributed by atoms with Crippen molar-refractivity contribution < 1.29 is 32.5 Å². The van der Waals surface area contributed by atoms with E-state index in [0.717, 1.165) is 49.8 Å². The first-order valence-corrected chi connectivity index (χ1v) is 13.2. The third-order valence-electron chi connectivity index (χ3n) is 7.86. The molecular formula is C28H29F3N4O4. The molecule has 2 bridgehead atoms. The van der Waals surface area contributed by atoms with Gasteiger partial charge < -0.3 is 24.5 Å². The highest BCUT2D eigenvalue weighted by molar-refractivity contribution is 5.85. The number of carbonyl (C=O) groups is 1. The quantitative estimate of drug-likeness (QED) is 0.362. The van der Waals surface area contributed by atoms with E-state index in [4.69, 9.17) is 4.74 Å². The van der Waals surface area contributed by atoms with Crippen molar-refractivity contribution in [1.29, 1.82) is 0 Å². The van der Waals surface area contributed by atoms with E-state index in [0.29, 0.717) is 28.7 Å². The first-order chi connectivity index (χ1) is 18.7. The number of halogens is 3. The Bertz CT molecular complexity index is 1370. The summed E-state index contributed by atoms with van der Waals surface area (Å²) in [6, 6.07) is 7.91. The van der Waals surface area contributed by atoms with Gasteiger partial charge in [0.05, 0.1) is 12.7 Å². The van der Waals surface area contributed by atoms with Crippen molar-refractivity contribution in [2.75, 3.05) is 4.90 Å². The van der Waals surface area contributed by atoms with Crippen molar-refractivity contribution in [1.82, 2.24) is 15.0 Å². The van der Waals surface area contributed by atoms with E-state index in [-0.39, 0.29) is 36.2 Å². The van der Waals surface area contributed by atoms with Crippen molar-refractivity contribution in [2.24, 2.45) is 0 Å². The SMILES string of the molecule is Cc1cc(C(=O)O)nc(N2C3CCC2CC(OCc2c(-c4ccccc4OC(F)(F)F)c[nH]c2C2CC2)C3)n1. The van der Waals surface area contributed by atoms with E-state index in [1.807, 2.05) is 0 Å². The van der Waals surface area contributed by atoms with Crippen LogP contribution in [0.15, 0.2) is 36.5 Å². The molecule has 3 aliphatic rings. The van der Waals surface area contributed by atoms with Crippen molar-refractivity contribution in [3.63, 3.8) is 0 Å². The van der Waals surface area contributed by atoms with Crippen LogP contribution in [0.4, 0.5) is 19.1 Å². The molecule has 6 rings (SSSR count). The molecule has 2 aliphatic heterocycles. The minimum Gasteiger partial charge on any atom is -0.477 e. The van der Waals surface area contributed by atoms with Crippen LogP contribution < -0.4 is 9.64 Å². The second kappa shape index (κ2) is 9.86. The molecule has 2 unspecified atom stereocenters. The van der Waals surface area contributed by atoms with Gasteiger partial charge in [0.2, 0.25) is 5.95 Å². The normalized spacial score (nSPS) is 22.8. The molecule has 0 spiro atoms. The highest BCUT2D eigenvalue weighted by Crippen LogP contribution is 2.46. The summed E-state index contributed by atoms with van der Waals surface area (Å²) >= 11 is 0. The summed E-state index contributed by atoms with van der Waals surface area (Å²) in [5, 5.41) is 9.43. The predicted octanol–water partition coefficient (Wildman–Crippen LogP) is 5.97. The molecule has 2 aromatic heterocycles. The van der Waals surface area contributed by atoms with Gasteiger partial charge in [0.15, 0.2) is 5.69 Å². The summed E-state index contributed by atoms with van der Waals surface area (Å²) in [5.41, 5.74) is 3.51. The Labute approximate surface area is 223 Å². The van der Waals surface area contributed by atoms with E-state index >= 15 is 0 Å². The highest BCUT2D eigenvalue weighted by atomic mass is 19.4. The van der Waals surface area contributed by atoms with Crippen LogP contribution in [0, 0.1) is 6.92 Å². The highest BCUT2D eigenvalue weighted by Gasteiger charge is 2.43. The Morgan fingerprint density at radius 1 is 1.10 bits per heavy atom. The van der Waals surface area contributed by atoms with Gasteiger partial charge in [-0.2, -0.15) is 0 Å². The van der Waals surface area contributed by atoms with Gasteiger partial charge in [0, 0.05) is 46.4 Å². The Balaban J connectivity index is 1.21. The second-order valence-corrected chi connectivity index (χ2v) is 10.6. The van der Waals surface area contributed by atoms with Crippen molar-refractivity contribution in [2.45, 2.75) is 82.5 Å². The third kappa shape index (κ3) is 5.32. The molecular weight excluding hydrogens is 513 g/mol. The lowest BCUT2D eigenvalue weighted by molar-refractivity contribution is -0.274. The van der Waals surface area contributed by atoms with E-state index in [9.17, 15) is 23.1 Å². The molecule has 2 N–H and O–H groups in total. The number of alkyl halides is 3. The lowest BCUT2D eigenvalue weighted by Crippen LogP contribution is -2.46. The van der Waals surface area contributed by atoms with Crippen LogP contribution in [0.2, 0.25) is 0 Å². The summed E-state index contributed by atoms with van der Waals surface area (Å²) < 4.78 is 50.1. The number of aromatic nitrogens is 3. The molecule has 11 heteroatoms. The van der Waals surface area contributed by atoms with Gasteiger partial charge in [-0.1, -0.05) is 18.2 Å². The van der Waals surface area contributed by atoms with Gasteiger partial charge in [-0.15, -0.1) is 13.2 Å². The lowest BCUT2D eigenvalue weighted by Gasteiger charge is -2.39. The molecule has 1 aromatic carbocycles. The number of anilines is 1. The zero-order chi connectivity index (χ0) is 27.3. The number of aryl methyl sites for hydroxylation is 1. The fraction of sp³-hybridized carbons (Fsp3) is 0.464. The number of piperidine rings is 1. The monoisotopic (exact) mass is 542 g/mol. The minimum atomic E-state index is -4.79. The maximum atomic E-state index is 13.1. The van der Waals surface area contributed by atoms with Gasteiger partial charge in [0.1, 0.15) is 5.75 Å². The molecule has 0 radical (unpaired) electrons. The summed E-state index contributed by atoms with van der Waals surface area (Å²) in [7, 11) is 0. The molecule has 2 saturated heterocycles. The van der Waals surface area contributed by atoms with Crippen LogP contribution in [0.1, 0.15) is 71.9 Å². The molecule has 4 heterocycles. The standard InChI is InChI=1S/C28H29F3N4O4/c1-15-10-23(26(36)37)34-27(33-15)35-17-8-9-18(35)12-19(11-17)38-14-22-21(13-32-25(22)16-6-7-16)20-4-2-3-5-24(20)39-28(29,30)31/h2-5,10,13,16-19,32H,6-9,11-12,14H2,1H3,(H,36,37). The van der Waals surface area contributed by atoms with Crippen molar-refractivity contribution in [3.05, 3.63) is 59.2 Å². The van der Waals surface area contributed by atoms with Crippen LogP contribution in [-0.4, -0.2) is 50.6 Å². The first-order valence-electron chi connectivity index (χ1n) is 13.2. The molecule has 206 valence electrons. The molecule has 8 nitrogen and oxygen atoms in total. The maximum absolute atomic E-state index is 13.1. The number of hydrogen-bond donors (Lipinski definition) is 2. The van der Waals surface area contributed by atoms with E-state index in [2.05, 4.69) is 24.6 Å². The van der Waals surface area contributed by atoms with Crippen LogP contribution in [0.3, 0.4) is 0 Å². The zero-order valence-corrected chi connectivity index (χ0v) is 21.4. The minimum absolute atomic E-state index is 0.0161. The number of aromatic amines is 1. The number of para-hydroxylation sites is 1. The Hall–Kier alpha value is -3.60. The maximum Gasteiger partial charge on any atom is 0.573 e. The number of benzene rings is 1. The molecule has 1 aliphatic carbocycles. The number of rotatable bonds is 8. The number of nitrogens with one attached hydrogen (secondary N) is 1. The summed E-state index contributed by atoms with van der Waals surface area (Å²) in [4.78, 5) is 25.8. The predicted molar refractivity (Wildman–Crippen MR) is 136 cm³/mol. The van der Waals surface area contributed by atoms with Crippen molar-refractivity contribution >= 4 is 11.9 Å². The third-order valence-corrected chi connectivity index (χ3v) is 7.86. The van der Waals surface area contributed by atoms with Crippen LogP contribution in [-0.2, 0) is 11.3 Å². The van der Waals surface area contributed by atoms with Gasteiger partial charge in [-0.25, -0.2) is 14.8 Å². The van der Waals surface area contributed by atoms with Crippen LogP contribution >= 0.6 is 0 Å². The molecule has 2 atom stereocenters. The topological polar surface area (TPSA) is 101 Å². The Kier molecular flexibility index (Phi) is 6.49. The van der Waals surface area contributed by atoms with Crippen molar-refractivity contribution in [3.8, 4) is 16.9 Å². The van der Waals surface area contributed by atoms with Gasteiger partial charge in [0.25, 0.3) is 0 Å². The van der Waals surface area contributed by atoms with E-state index in [1.165, 1.54) is 18.2 Å². The van der Waals surface area contributed by atoms with Gasteiger partial charge in [-0.3, -0.25) is 0 Å². The van der Waals surface area contributed by atoms with E-state index < -0.39 is 12.3 Å². The summed E-state index contributed by atoms with van der Waals surface area (Å²) in [5.74, 6) is -0.516. The lowest BCUT2D eigenvalue weighted by atomic mass is 9.99. The second-order valence-electron chi connectivity index (χ2n) is 10.6. The number of hydrogen-bond acceptors (Lipinski definition) is 6. The smallest absolute Gasteiger partial charge is 0.477 e. The molecule has 3 fully saturated rings. The van der Waals surface area contributed by atoms with Gasteiger partial charge >= 0.3 is 12.3 Å². The zero-order valence-electron chi connectivity index (χ0n) is 21.4. The van der Waals surface area contributed by atoms with E-state index in [1.54, 1.807) is 25.3 Å². The number of nitrogens with zero attached hydrogens (tertiary/aromatic N) is 3. The first kappa shape index (κ1) is 25.7. The fourth-order valence-electron chi connectivity index (χ4n) is 6.07. The van der Waals surface area contributed by atoms with Crippen LogP contribution in [0.25, 0.3) is 11.1 Å². The Morgan fingerprint density at radius 3 is 2.49 bits per heavy atom. The molecule has 39 heavy (non-hydrogen) atoms. The van der Waals surface area contributed by atoms with Crippen LogP contribution in [0.5, 0.6) is 5.75 Å². The number of carboxylic acid groups (broad SMARTS) is 1. The fourth-order valence-corrected chi connectivity index (χ4v) is 6.07. The number of ether oxygens (including phenoxy) is 2. The van der Waals surface area contributed by atoms with Gasteiger partial charge in [-0.05, 0) is 63.5 Å². The summed E-state index contributed by atoms with van der Waals surface area (Å²) in [6.45, 7) is 2.04. The number of fused-ring (bicyclic) bond motifs is 2. The molecule has 1 saturated carbocycles. The number of aromatic carboxylic acids is 1. The Morgan fingerprint density at radius 2 is 1.82 bits per heavy atom. The molecule has 0 amide bonds. The largest absolute Gasteiger partial charge is 0.573 e. The number of H-pyrrole nitrogens is 1. The average Bonchev–Trinajstić information content (AvgIpc) is 3.58. The number of carboxylic acids is 1. The summed E-state index contributed by atoms with van der Waals surface area (Å²) in [6.07, 6.45) is 2.35. The molecule has 3 aromatic rings.